The number of hydrogen-bond donors (Lipinski definition) is 0. The molecule has 3 rings (SSSR count). The van der Waals surface area contributed by atoms with Gasteiger partial charge in [0.15, 0.2) is 5.75 Å². The van der Waals surface area contributed by atoms with Crippen LogP contribution in [0.4, 0.5) is 0 Å². The molecule has 1 heterocycles. The molecule has 0 saturated heterocycles. The average Bonchev–Trinajstić information content (AvgIpc) is 2.87. The fourth-order valence-electron chi connectivity index (χ4n) is 1.96. The summed E-state index contributed by atoms with van der Waals surface area (Å²) in [7, 11) is 0. The minimum atomic E-state index is 0.118. The minimum absolute atomic E-state index is 0.118. The van der Waals surface area contributed by atoms with E-state index in [1.807, 2.05) is 30.3 Å². The van der Waals surface area contributed by atoms with Crippen LogP contribution < -0.4 is 4.74 Å². The highest BCUT2D eigenvalue weighted by molar-refractivity contribution is 9.10. The van der Waals surface area contributed by atoms with E-state index < -0.39 is 0 Å². The quantitative estimate of drug-likeness (QED) is 0.677. The first-order valence-corrected chi connectivity index (χ1v) is 6.81. The van der Waals surface area contributed by atoms with Crippen LogP contribution in [0.5, 0.6) is 11.5 Å². The third-order valence-corrected chi connectivity index (χ3v) is 3.54. The molecule has 0 radical (unpaired) electrons. The van der Waals surface area contributed by atoms with Gasteiger partial charge in [-0.1, -0.05) is 12.1 Å². The van der Waals surface area contributed by atoms with Gasteiger partial charge in [-0.25, -0.2) is 0 Å². The number of para-hydroxylation sites is 1. The summed E-state index contributed by atoms with van der Waals surface area (Å²) in [4.78, 5) is 0. The van der Waals surface area contributed by atoms with Gasteiger partial charge in [-0.3, -0.25) is 0 Å². The Kier molecular flexibility index (Phi) is 3.35. The molecule has 0 bridgehead atoms. The molecule has 0 fully saturated rings. The molecule has 3 aromatic rings. The van der Waals surface area contributed by atoms with Crippen molar-refractivity contribution >= 4 is 26.9 Å². The Morgan fingerprint density at radius 2 is 1.86 bits per heavy atom. The van der Waals surface area contributed by atoms with E-state index in [4.69, 9.17) is 14.4 Å². The number of benzene rings is 2. The summed E-state index contributed by atoms with van der Waals surface area (Å²) in [5.41, 5.74) is 1.11. The number of furan rings is 1. The highest BCUT2D eigenvalue weighted by Gasteiger charge is 2.17. The molecule has 0 aliphatic carbocycles. The smallest absolute Gasteiger partial charge is 0.247 e. The van der Waals surface area contributed by atoms with E-state index >= 15 is 0 Å². The van der Waals surface area contributed by atoms with Crippen LogP contribution in [0.25, 0.3) is 11.0 Å². The van der Waals surface area contributed by atoms with Gasteiger partial charge in [0.25, 0.3) is 0 Å². The summed E-state index contributed by atoms with van der Waals surface area (Å²) < 4.78 is 11.9. The third kappa shape index (κ3) is 2.35. The number of nitriles is 2. The van der Waals surface area contributed by atoms with Crippen molar-refractivity contribution in [3.8, 4) is 23.6 Å². The predicted octanol–water partition coefficient (Wildman–Crippen LogP) is 4.73. The molecule has 21 heavy (non-hydrogen) atoms. The zero-order chi connectivity index (χ0) is 14.8. The molecule has 5 heteroatoms. The Labute approximate surface area is 128 Å². The Hall–Kier alpha value is -2.76. The molecule has 0 aliphatic rings. The van der Waals surface area contributed by atoms with E-state index in [2.05, 4.69) is 15.9 Å². The van der Waals surface area contributed by atoms with Crippen LogP contribution >= 0.6 is 15.9 Å². The van der Waals surface area contributed by atoms with E-state index in [9.17, 15) is 5.26 Å². The van der Waals surface area contributed by atoms with Gasteiger partial charge in [0.2, 0.25) is 5.76 Å². The molecule has 2 aromatic carbocycles. The van der Waals surface area contributed by atoms with E-state index in [-0.39, 0.29) is 5.76 Å². The van der Waals surface area contributed by atoms with Crippen LogP contribution in [-0.4, -0.2) is 0 Å². The van der Waals surface area contributed by atoms with Crippen molar-refractivity contribution < 1.29 is 9.15 Å². The van der Waals surface area contributed by atoms with E-state index in [0.29, 0.717) is 27.1 Å². The maximum Gasteiger partial charge on any atom is 0.247 e. The second-order valence-corrected chi connectivity index (χ2v) is 5.08. The molecule has 0 spiro atoms. The molecular formula is C16H7BrN2O2. The standard InChI is InChI=1S/C16H7BrN2O2/c17-12-7-10(8-18)5-6-14(12)21-16-11-3-1-2-4-13(11)20-15(16)9-19/h1-7H. The zero-order valence-corrected chi connectivity index (χ0v) is 12.2. The maximum atomic E-state index is 9.17. The van der Waals surface area contributed by atoms with E-state index in [0.717, 1.165) is 5.39 Å². The number of hydrogen-bond acceptors (Lipinski definition) is 4. The number of halogens is 1. The van der Waals surface area contributed by atoms with Gasteiger partial charge < -0.3 is 9.15 Å². The van der Waals surface area contributed by atoms with Gasteiger partial charge in [0.05, 0.1) is 21.5 Å². The monoisotopic (exact) mass is 338 g/mol. The Morgan fingerprint density at radius 1 is 1.05 bits per heavy atom. The van der Waals surface area contributed by atoms with Crippen LogP contribution in [-0.2, 0) is 0 Å². The molecule has 4 nitrogen and oxygen atoms in total. The molecule has 0 atom stereocenters. The van der Waals surface area contributed by atoms with E-state index in [1.165, 1.54) is 0 Å². The van der Waals surface area contributed by atoms with Crippen molar-refractivity contribution in [3.63, 3.8) is 0 Å². The first kappa shape index (κ1) is 13.2. The molecule has 0 aliphatic heterocycles. The second kappa shape index (κ2) is 5.32. The highest BCUT2D eigenvalue weighted by atomic mass is 79.9. The first-order valence-electron chi connectivity index (χ1n) is 6.02. The normalized spacial score (nSPS) is 10.0. The van der Waals surface area contributed by atoms with Crippen molar-refractivity contribution in [1.82, 2.24) is 0 Å². The number of nitrogens with zero attached hydrogens (tertiary/aromatic N) is 2. The Balaban J connectivity index is 2.10. The maximum absolute atomic E-state index is 9.17. The first-order chi connectivity index (χ1) is 10.2. The molecule has 0 N–H and O–H groups in total. The third-order valence-electron chi connectivity index (χ3n) is 2.92. The zero-order valence-electron chi connectivity index (χ0n) is 10.6. The summed E-state index contributed by atoms with van der Waals surface area (Å²) in [6.07, 6.45) is 0. The van der Waals surface area contributed by atoms with Crippen LogP contribution in [0, 0.1) is 22.7 Å². The van der Waals surface area contributed by atoms with Crippen LogP contribution in [0.1, 0.15) is 11.3 Å². The van der Waals surface area contributed by atoms with Crippen molar-refractivity contribution in [2.75, 3.05) is 0 Å². The minimum Gasteiger partial charge on any atom is -0.451 e. The molecule has 1 aromatic heterocycles. The van der Waals surface area contributed by atoms with Crippen molar-refractivity contribution in [3.05, 3.63) is 58.3 Å². The fraction of sp³-hybridized carbons (Fsp3) is 0. The van der Waals surface area contributed by atoms with E-state index in [1.54, 1.807) is 24.3 Å². The topological polar surface area (TPSA) is 69.9 Å². The summed E-state index contributed by atoms with van der Waals surface area (Å²) in [6, 6.07) is 16.3. The average molecular weight is 339 g/mol. The molecule has 0 unspecified atom stereocenters. The van der Waals surface area contributed by atoms with Gasteiger partial charge in [-0.05, 0) is 46.3 Å². The van der Waals surface area contributed by atoms with Gasteiger partial charge in [-0.2, -0.15) is 10.5 Å². The van der Waals surface area contributed by atoms with Gasteiger partial charge >= 0.3 is 0 Å². The summed E-state index contributed by atoms with van der Waals surface area (Å²) >= 11 is 3.35. The lowest BCUT2D eigenvalue weighted by molar-refractivity contribution is 0.464. The molecule has 100 valence electrons. The fourth-order valence-corrected chi connectivity index (χ4v) is 2.42. The van der Waals surface area contributed by atoms with Crippen LogP contribution in [0.2, 0.25) is 0 Å². The van der Waals surface area contributed by atoms with Gasteiger partial charge in [0.1, 0.15) is 17.4 Å². The van der Waals surface area contributed by atoms with Gasteiger partial charge in [-0.15, -0.1) is 0 Å². The largest absolute Gasteiger partial charge is 0.451 e. The molecular weight excluding hydrogens is 332 g/mol. The van der Waals surface area contributed by atoms with Crippen molar-refractivity contribution in [2.45, 2.75) is 0 Å². The SMILES string of the molecule is N#Cc1ccc(Oc2c(C#N)oc3ccccc23)c(Br)c1. The van der Waals surface area contributed by atoms with Crippen LogP contribution in [0.15, 0.2) is 51.4 Å². The van der Waals surface area contributed by atoms with Crippen LogP contribution in [0.3, 0.4) is 0 Å². The number of ether oxygens (including phenoxy) is 1. The Morgan fingerprint density at radius 3 is 2.57 bits per heavy atom. The number of rotatable bonds is 2. The van der Waals surface area contributed by atoms with Crippen molar-refractivity contribution in [2.24, 2.45) is 0 Å². The number of fused-ring (bicyclic) bond motifs is 1. The summed E-state index contributed by atoms with van der Waals surface area (Å²) in [5, 5.41) is 18.8. The lowest BCUT2D eigenvalue weighted by Gasteiger charge is -2.06. The van der Waals surface area contributed by atoms with Crippen molar-refractivity contribution in [1.29, 1.82) is 10.5 Å². The highest BCUT2D eigenvalue weighted by Crippen LogP contribution is 2.38. The lowest BCUT2D eigenvalue weighted by Crippen LogP contribution is -1.87. The summed E-state index contributed by atoms with van der Waals surface area (Å²) in [6.45, 7) is 0. The summed E-state index contributed by atoms with van der Waals surface area (Å²) in [5.74, 6) is 1.00. The lowest BCUT2D eigenvalue weighted by atomic mass is 10.2. The molecule has 0 amide bonds. The second-order valence-electron chi connectivity index (χ2n) is 4.23. The van der Waals surface area contributed by atoms with Gasteiger partial charge in [0, 0.05) is 0 Å². The molecule has 0 saturated carbocycles. The predicted molar refractivity (Wildman–Crippen MR) is 79.9 cm³/mol. The Bertz CT molecular complexity index is 916.